The Hall–Kier alpha value is -3.24. The number of benzene rings is 3. The standard InChI is InChI=1S/C33H38ClN5O3S/c1-43(41,42)29-11-12-32-30(23-29)35-24-39(32)28-13-16-36(17-14-28)18-15-31(25-5-3-2-4-6-25)37-19-21-38(22-20-37)33(40)26-7-9-27(34)10-8-26/h2-12,23-24,28,31H,13-22H2,1H3. The van der Waals surface area contributed by atoms with E-state index in [1.54, 1.807) is 36.4 Å². The van der Waals surface area contributed by atoms with Crippen molar-refractivity contribution in [3.8, 4) is 0 Å². The Kier molecular flexibility index (Phi) is 8.86. The average molecular weight is 620 g/mol. The first kappa shape index (κ1) is 29.8. The number of hydrogen-bond acceptors (Lipinski definition) is 6. The first-order valence-corrected chi connectivity index (χ1v) is 17.3. The Morgan fingerprint density at radius 2 is 1.63 bits per heavy atom. The van der Waals surface area contributed by atoms with Crippen LogP contribution in [0.5, 0.6) is 0 Å². The zero-order chi connectivity index (χ0) is 30.0. The lowest BCUT2D eigenvalue weighted by molar-refractivity contribution is 0.0537. The second kappa shape index (κ2) is 12.8. The Morgan fingerprint density at radius 1 is 0.930 bits per heavy atom. The summed E-state index contributed by atoms with van der Waals surface area (Å²) in [7, 11) is -3.26. The fraction of sp³-hybridized carbons (Fsp3) is 0.394. The number of rotatable bonds is 8. The van der Waals surface area contributed by atoms with Gasteiger partial charge in [-0.2, -0.15) is 0 Å². The van der Waals surface area contributed by atoms with Crippen molar-refractivity contribution in [2.75, 3.05) is 52.1 Å². The number of nitrogens with zero attached hydrogens (tertiary/aromatic N) is 5. The van der Waals surface area contributed by atoms with Gasteiger partial charge in [-0.3, -0.25) is 9.69 Å². The van der Waals surface area contributed by atoms with Gasteiger partial charge in [-0.1, -0.05) is 41.9 Å². The molecule has 2 aliphatic heterocycles. The van der Waals surface area contributed by atoms with Crippen molar-refractivity contribution < 1.29 is 13.2 Å². The normalized spacial score (nSPS) is 18.2. The summed E-state index contributed by atoms with van der Waals surface area (Å²) in [5, 5.41) is 0.636. The molecular formula is C33H38ClN5O3S. The minimum atomic E-state index is -3.26. The molecule has 0 bridgehead atoms. The van der Waals surface area contributed by atoms with E-state index in [0.717, 1.165) is 63.0 Å². The fourth-order valence-corrected chi connectivity index (χ4v) is 7.27. The van der Waals surface area contributed by atoms with Gasteiger partial charge in [0, 0.05) is 68.2 Å². The molecule has 0 aliphatic carbocycles. The Balaban J connectivity index is 1.06. The number of hydrogen-bond donors (Lipinski definition) is 0. The third-order valence-corrected chi connectivity index (χ3v) is 10.3. The van der Waals surface area contributed by atoms with E-state index in [1.165, 1.54) is 11.8 Å². The summed E-state index contributed by atoms with van der Waals surface area (Å²) in [5.41, 5.74) is 3.73. The highest BCUT2D eigenvalue weighted by molar-refractivity contribution is 7.90. The molecule has 8 nitrogen and oxygen atoms in total. The number of halogens is 1. The van der Waals surface area contributed by atoms with E-state index in [9.17, 15) is 13.2 Å². The van der Waals surface area contributed by atoms with Crippen LogP contribution < -0.4 is 0 Å². The molecule has 226 valence electrons. The maximum atomic E-state index is 13.1. The lowest BCUT2D eigenvalue weighted by Gasteiger charge is -2.41. The SMILES string of the molecule is CS(=O)(=O)c1ccc2c(c1)ncn2C1CCN(CCC(c2ccccc2)N2CCN(C(=O)c3ccc(Cl)cc3)CC2)CC1. The van der Waals surface area contributed by atoms with E-state index in [4.69, 9.17) is 11.6 Å². The fourth-order valence-electron chi connectivity index (χ4n) is 6.51. The number of piperazine rings is 1. The van der Waals surface area contributed by atoms with Crippen LogP contribution in [0.2, 0.25) is 5.02 Å². The minimum absolute atomic E-state index is 0.0666. The smallest absolute Gasteiger partial charge is 0.253 e. The third-order valence-electron chi connectivity index (χ3n) is 8.96. The first-order chi connectivity index (χ1) is 20.8. The lowest BCUT2D eigenvalue weighted by Crippen LogP contribution is -2.50. The molecule has 2 saturated heterocycles. The Morgan fingerprint density at radius 3 is 2.30 bits per heavy atom. The highest BCUT2D eigenvalue weighted by Gasteiger charge is 2.29. The molecule has 2 aliphatic rings. The van der Waals surface area contributed by atoms with Crippen molar-refractivity contribution in [1.29, 1.82) is 0 Å². The number of imidazole rings is 1. The second-order valence-corrected chi connectivity index (χ2v) is 14.1. The number of piperidine rings is 1. The zero-order valence-electron chi connectivity index (χ0n) is 24.5. The first-order valence-electron chi connectivity index (χ1n) is 15.0. The van der Waals surface area contributed by atoms with Gasteiger partial charge in [0.15, 0.2) is 9.84 Å². The van der Waals surface area contributed by atoms with Crippen molar-refractivity contribution in [2.45, 2.75) is 36.2 Å². The Bertz CT molecular complexity index is 1660. The molecule has 1 unspecified atom stereocenters. The van der Waals surface area contributed by atoms with Crippen LogP contribution in [-0.4, -0.2) is 90.6 Å². The molecule has 1 amide bonds. The molecule has 0 spiro atoms. The monoisotopic (exact) mass is 619 g/mol. The van der Waals surface area contributed by atoms with Gasteiger partial charge < -0.3 is 14.4 Å². The average Bonchev–Trinajstić information content (AvgIpc) is 3.45. The van der Waals surface area contributed by atoms with Crippen molar-refractivity contribution in [3.05, 3.63) is 95.3 Å². The quantitative estimate of drug-likeness (QED) is 0.266. The molecule has 43 heavy (non-hydrogen) atoms. The molecule has 2 fully saturated rings. The van der Waals surface area contributed by atoms with Gasteiger partial charge in [0.2, 0.25) is 0 Å². The summed E-state index contributed by atoms with van der Waals surface area (Å²) in [5.74, 6) is 0.0666. The summed E-state index contributed by atoms with van der Waals surface area (Å²) in [6.07, 6.45) is 6.18. The zero-order valence-corrected chi connectivity index (χ0v) is 26.1. The highest BCUT2D eigenvalue weighted by Crippen LogP contribution is 2.30. The highest BCUT2D eigenvalue weighted by atomic mass is 35.5. The summed E-state index contributed by atoms with van der Waals surface area (Å²) in [6, 6.07) is 23.8. The predicted octanol–water partition coefficient (Wildman–Crippen LogP) is 5.32. The summed E-state index contributed by atoms with van der Waals surface area (Å²) >= 11 is 6.01. The van der Waals surface area contributed by atoms with Crippen molar-refractivity contribution in [1.82, 2.24) is 24.3 Å². The number of carbonyl (C=O) groups excluding carboxylic acids is 1. The van der Waals surface area contributed by atoms with Gasteiger partial charge in [0.05, 0.1) is 22.3 Å². The number of aromatic nitrogens is 2. The van der Waals surface area contributed by atoms with Crippen LogP contribution in [0.3, 0.4) is 0 Å². The predicted molar refractivity (Wildman–Crippen MR) is 170 cm³/mol. The van der Waals surface area contributed by atoms with Gasteiger partial charge in [-0.15, -0.1) is 0 Å². The van der Waals surface area contributed by atoms with E-state index in [-0.39, 0.29) is 5.91 Å². The molecule has 0 saturated carbocycles. The summed E-state index contributed by atoms with van der Waals surface area (Å²) in [6.45, 7) is 6.14. The maximum Gasteiger partial charge on any atom is 0.253 e. The topological polar surface area (TPSA) is 78.8 Å². The molecule has 3 aromatic carbocycles. The van der Waals surface area contributed by atoms with Gasteiger partial charge in [0.1, 0.15) is 0 Å². The molecule has 10 heteroatoms. The largest absolute Gasteiger partial charge is 0.336 e. The van der Waals surface area contributed by atoms with Gasteiger partial charge in [0.25, 0.3) is 5.91 Å². The van der Waals surface area contributed by atoms with Crippen molar-refractivity contribution in [3.63, 3.8) is 0 Å². The van der Waals surface area contributed by atoms with E-state index >= 15 is 0 Å². The van der Waals surface area contributed by atoms with Gasteiger partial charge in [-0.25, -0.2) is 13.4 Å². The van der Waals surface area contributed by atoms with Crippen LogP contribution >= 0.6 is 11.6 Å². The van der Waals surface area contributed by atoms with Crippen LogP contribution in [-0.2, 0) is 9.84 Å². The number of likely N-dealkylation sites (tertiary alicyclic amines) is 1. The van der Waals surface area contributed by atoms with Crippen LogP contribution in [0.15, 0.2) is 84.0 Å². The Labute approximate surface area is 258 Å². The van der Waals surface area contributed by atoms with Crippen LogP contribution in [0.4, 0.5) is 0 Å². The van der Waals surface area contributed by atoms with E-state index in [0.29, 0.717) is 40.7 Å². The van der Waals surface area contributed by atoms with Crippen LogP contribution in [0.25, 0.3) is 11.0 Å². The molecule has 0 N–H and O–H groups in total. The minimum Gasteiger partial charge on any atom is -0.336 e. The molecular weight excluding hydrogens is 582 g/mol. The van der Waals surface area contributed by atoms with Gasteiger partial charge >= 0.3 is 0 Å². The number of amides is 1. The molecule has 0 radical (unpaired) electrons. The van der Waals surface area contributed by atoms with Crippen LogP contribution in [0, 0.1) is 0 Å². The van der Waals surface area contributed by atoms with Crippen LogP contribution in [0.1, 0.15) is 47.3 Å². The number of sulfone groups is 1. The lowest BCUT2D eigenvalue weighted by atomic mass is 9.99. The van der Waals surface area contributed by atoms with Crippen molar-refractivity contribution >= 4 is 38.4 Å². The summed E-state index contributed by atoms with van der Waals surface area (Å²) < 4.78 is 26.1. The molecule has 6 rings (SSSR count). The summed E-state index contributed by atoms with van der Waals surface area (Å²) in [4.78, 5) is 24.9. The molecule has 4 aromatic rings. The van der Waals surface area contributed by atoms with E-state index in [2.05, 4.69) is 49.7 Å². The second-order valence-electron chi connectivity index (χ2n) is 11.7. The molecule has 1 aromatic heterocycles. The molecule has 1 atom stereocenters. The van der Waals surface area contributed by atoms with E-state index in [1.807, 2.05) is 17.3 Å². The maximum absolute atomic E-state index is 13.1. The van der Waals surface area contributed by atoms with Gasteiger partial charge in [-0.05, 0) is 73.8 Å². The third kappa shape index (κ3) is 6.80. The van der Waals surface area contributed by atoms with Crippen molar-refractivity contribution in [2.24, 2.45) is 0 Å². The number of carbonyl (C=O) groups is 1. The molecule has 3 heterocycles. The number of fused-ring (bicyclic) bond motifs is 1. The van der Waals surface area contributed by atoms with E-state index < -0.39 is 9.84 Å².